The third-order valence-electron chi connectivity index (χ3n) is 3.12. The van der Waals surface area contributed by atoms with Crippen LogP contribution in [0.15, 0.2) is 0 Å². The predicted molar refractivity (Wildman–Crippen MR) is 85.7 cm³/mol. The van der Waals surface area contributed by atoms with Crippen molar-refractivity contribution >= 4 is 5.97 Å². The summed E-state index contributed by atoms with van der Waals surface area (Å²) in [5.74, 6) is 10.3. The lowest BCUT2D eigenvalue weighted by atomic mass is 10.1. The van der Waals surface area contributed by atoms with Crippen molar-refractivity contribution in [2.45, 2.75) is 83.7 Å². The summed E-state index contributed by atoms with van der Waals surface area (Å²) < 4.78 is 0. The second kappa shape index (κ2) is 14.9. The molecule has 118 valence electrons. The largest absolute Gasteiger partial charge is 0.481 e. The van der Waals surface area contributed by atoms with Crippen molar-refractivity contribution in [1.29, 1.82) is 0 Å². The summed E-state index contributed by atoms with van der Waals surface area (Å²) in [7, 11) is 0. The topological polar surface area (TPSA) is 57.5 Å². The second-order valence-electron chi connectivity index (χ2n) is 5.32. The van der Waals surface area contributed by atoms with E-state index >= 15 is 0 Å². The van der Waals surface area contributed by atoms with Gasteiger partial charge in [-0.05, 0) is 31.6 Å². The standard InChI is InChI=1S/C18H28O3/c1-17(19)15-13-11-9-7-5-3-2-4-6-8-10-12-14-16-18(20)21/h17,19H,2-8,10,12,14,16H2,1H3,(H,20,21). The van der Waals surface area contributed by atoms with Crippen LogP contribution in [0.3, 0.4) is 0 Å². The SMILES string of the molecule is CC(O)C#CC#CCCCCCCCCCCCC(=O)O. The van der Waals surface area contributed by atoms with Gasteiger partial charge in [-0.1, -0.05) is 56.8 Å². The Morgan fingerprint density at radius 3 is 1.95 bits per heavy atom. The number of hydrogen-bond acceptors (Lipinski definition) is 2. The summed E-state index contributed by atoms with van der Waals surface area (Å²) in [6, 6.07) is 0. The maximum absolute atomic E-state index is 10.3. The predicted octanol–water partition coefficient (Wildman–Crippen LogP) is 3.75. The number of carbonyl (C=O) groups is 1. The van der Waals surface area contributed by atoms with Crippen molar-refractivity contribution in [1.82, 2.24) is 0 Å². The molecule has 21 heavy (non-hydrogen) atoms. The minimum Gasteiger partial charge on any atom is -0.481 e. The first-order valence-corrected chi connectivity index (χ1v) is 8.01. The van der Waals surface area contributed by atoms with Gasteiger partial charge in [-0.25, -0.2) is 0 Å². The Hall–Kier alpha value is -1.45. The zero-order valence-corrected chi connectivity index (χ0v) is 13.2. The van der Waals surface area contributed by atoms with Gasteiger partial charge in [-0.15, -0.1) is 0 Å². The molecule has 0 fully saturated rings. The lowest BCUT2D eigenvalue weighted by Gasteiger charge is -2.01. The quantitative estimate of drug-likeness (QED) is 0.450. The van der Waals surface area contributed by atoms with Crippen LogP contribution >= 0.6 is 0 Å². The maximum atomic E-state index is 10.3. The normalized spacial score (nSPS) is 11.0. The van der Waals surface area contributed by atoms with E-state index < -0.39 is 12.1 Å². The van der Waals surface area contributed by atoms with Crippen LogP contribution in [0.25, 0.3) is 0 Å². The average molecular weight is 292 g/mol. The Labute approximate surface area is 129 Å². The number of aliphatic hydroxyl groups is 1. The highest BCUT2D eigenvalue weighted by atomic mass is 16.4. The van der Waals surface area contributed by atoms with Crippen LogP contribution in [0.1, 0.15) is 77.6 Å². The van der Waals surface area contributed by atoms with Crippen molar-refractivity contribution in [3.05, 3.63) is 0 Å². The number of rotatable bonds is 11. The molecule has 3 heteroatoms. The van der Waals surface area contributed by atoms with E-state index in [4.69, 9.17) is 10.2 Å². The van der Waals surface area contributed by atoms with E-state index in [1.54, 1.807) is 6.92 Å². The molecular formula is C18H28O3. The van der Waals surface area contributed by atoms with Crippen molar-refractivity contribution in [3.8, 4) is 23.7 Å². The summed E-state index contributed by atoms with van der Waals surface area (Å²) in [5, 5.41) is 17.4. The third kappa shape index (κ3) is 18.5. The van der Waals surface area contributed by atoms with Crippen molar-refractivity contribution in [2.75, 3.05) is 0 Å². The summed E-state index contributed by atoms with van der Waals surface area (Å²) >= 11 is 0. The van der Waals surface area contributed by atoms with Crippen LogP contribution in [0.5, 0.6) is 0 Å². The van der Waals surface area contributed by atoms with Crippen LogP contribution in [0, 0.1) is 23.7 Å². The fourth-order valence-electron chi connectivity index (χ4n) is 1.97. The first-order valence-electron chi connectivity index (χ1n) is 8.01. The monoisotopic (exact) mass is 292 g/mol. The van der Waals surface area contributed by atoms with Crippen LogP contribution in [0.2, 0.25) is 0 Å². The Morgan fingerprint density at radius 2 is 1.43 bits per heavy atom. The Morgan fingerprint density at radius 1 is 0.905 bits per heavy atom. The molecule has 1 atom stereocenters. The Bertz CT molecular complexity index is 377. The van der Waals surface area contributed by atoms with Gasteiger partial charge in [0.2, 0.25) is 0 Å². The lowest BCUT2D eigenvalue weighted by molar-refractivity contribution is -0.137. The summed E-state index contributed by atoms with van der Waals surface area (Å²) in [4.78, 5) is 10.3. The minimum absolute atomic E-state index is 0.308. The molecule has 2 N–H and O–H groups in total. The maximum Gasteiger partial charge on any atom is 0.303 e. The fourth-order valence-corrected chi connectivity index (χ4v) is 1.97. The summed E-state index contributed by atoms with van der Waals surface area (Å²) in [6.45, 7) is 1.63. The van der Waals surface area contributed by atoms with Crippen molar-refractivity contribution in [3.63, 3.8) is 0 Å². The lowest BCUT2D eigenvalue weighted by Crippen LogP contribution is -1.93. The van der Waals surface area contributed by atoms with Crippen molar-refractivity contribution < 1.29 is 15.0 Å². The van der Waals surface area contributed by atoms with Gasteiger partial charge >= 0.3 is 5.97 Å². The van der Waals surface area contributed by atoms with Gasteiger partial charge in [0, 0.05) is 12.8 Å². The zero-order valence-electron chi connectivity index (χ0n) is 13.2. The molecule has 0 aromatic heterocycles. The van der Waals surface area contributed by atoms with E-state index in [1.165, 1.54) is 32.1 Å². The molecule has 0 rings (SSSR count). The summed E-state index contributed by atoms with van der Waals surface area (Å²) in [5.41, 5.74) is 0. The van der Waals surface area contributed by atoms with Gasteiger partial charge in [0.25, 0.3) is 0 Å². The number of hydrogen-bond donors (Lipinski definition) is 2. The molecule has 0 aliphatic rings. The average Bonchev–Trinajstić information content (AvgIpc) is 2.42. The van der Waals surface area contributed by atoms with Crippen LogP contribution in [-0.4, -0.2) is 22.3 Å². The zero-order chi connectivity index (χ0) is 15.8. The number of aliphatic hydroxyl groups excluding tert-OH is 1. The van der Waals surface area contributed by atoms with Crippen LogP contribution in [-0.2, 0) is 4.79 Å². The van der Waals surface area contributed by atoms with Crippen molar-refractivity contribution in [2.24, 2.45) is 0 Å². The number of carboxylic acids is 1. The smallest absolute Gasteiger partial charge is 0.303 e. The molecule has 0 radical (unpaired) electrons. The van der Waals surface area contributed by atoms with Gasteiger partial charge in [0.05, 0.1) is 0 Å². The van der Waals surface area contributed by atoms with E-state index in [0.717, 1.165) is 32.1 Å². The van der Waals surface area contributed by atoms with E-state index in [2.05, 4.69) is 23.7 Å². The highest BCUT2D eigenvalue weighted by Crippen LogP contribution is 2.11. The molecule has 0 aliphatic carbocycles. The van der Waals surface area contributed by atoms with Gasteiger partial charge < -0.3 is 10.2 Å². The first kappa shape index (κ1) is 19.6. The second-order valence-corrected chi connectivity index (χ2v) is 5.32. The molecule has 0 aromatic carbocycles. The van der Waals surface area contributed by atoms with Gasteiger partial charge in [0.1, 0.15) is 6.10 Å². The van der Waals surface area contributed by atoms with Crippen LogP contribution in [0.4, 0.5) is 0 Å². The summed E-state index contributed by atoms with van der Waals surface area (Å²) in [6.07, 6.45) is 10.9. The van der Waals surface area contributed by atoms with E-state index in [9.17, 15) is 4.79 Å². The number of carboxylic acid groups (broad SMARTS) is 1. The Balaban J connectivity index is 3.20. The molecule has 0 saturated heterocycles. The number of unbranched alkanes of at least 4 members (excludes halogenated alkanes) is 9. The highest BCUT2D eigenvalue weighted by Gasteiger charge is 1.96. The van der Waals surface area contributed by atoms with Crippen LogP contribution < -0.4 is 0 Å². The van der Waals surface area contributed by atoms with Gasteiger partial charge in [-0.2, -0.15) is 0 Å². The highest BCUT2D eigenvalue weighted by molar-refractivity contribution is 5.66. The molecular weight excluding hydrogens is 264 g/mol. The molecule has 0 aliphatic heterocycles. The molecule has 0 heterocycles. The first-order chi connectivity index (χ1) is 10.1. The Kier molecular flexibility index (Phi) is 13.9. The van der Waals surface area contributed by atoms with Gasteiger partial charge in [-0.3, -0.25) is 4.79 Å². The minimum atomic E-state index is -0.685. The molecule has 0 amide bonds. The van der Waals surface area contributed by atoms with E-state index in [0.29, 0.717) is 6.42 Å². The molecule has 3 nitrogen and oxygen atoms in total. The molecule has 0 bridgehead atoms. The third-order valence-corrected chi connectivity index (χ3v) is 3.12. The molecule has 1 unspecified atom stereocenters. The molecule has 0 spiro atoms. The van der Waals surface area contributed by atoms with E-state index in [-0.39, 0.29) is 0 Å². The van der Waals surface area contributed by atoms with Gasteiger partial charge in [0.15, 0.2) is 0 Å². The molecule has 0 aromatic rings. The molecule has 0 saturated carbocycles. The fraction of sp³-hybridized carbons (Fsp3) is 0.722. The number of aliphatic carboxylic acids is 1. The van der Waals surface area contributed by atoms with E-state index in [1.807, 2.05) is 0 Å².